The molecule has 0 spiro atoms. The molecule has 2 aromatic rings. The summed E-state index contributed by atoms with van der Waals surface area (Å²) in [6.07, 6.45) is 0.567. The van der Waals surface area contributed by atoms with E-state index in [1.54, 1.807) is 24.3 Å². The van der Waals surface area contributed by atoms with Gasteiger partial charge in [0, 0.05) is 0 Å². The minimum absolute atomic E-state index is 0.0900. The Morgan fingerprint density at radius 2 is 1.65 bits per heavy atom. The molecule has 2 rings (SSSR count). The van der Waals surface area contributed by atoms with Gasteiger partial charge in [-0.05, 0) is 30.7 Å². The lowest BCUT2D eigenvalue weighted by Gasteiger charge is -2.12. The van der Waals surface area contributed by atoms with Crippen molar-refractivity contribution >= 4 is 15.7 Å². The minimum atomic E-state index is -3.33. The summed E-state index contributed by atoms with van der Waals surface area (Å²) in [6, 6.07) is 16.2. The van der Waals surface area contributed by atoms with E-state index in [0.717, 1.165) is 0 Å². The molecule has 0 fully saturated rings. The quantitative estimate of drug-likeness (QED) is 0.884. The van der Waals surface area contributed by atoms with Crippen molar-refractivity contribution in [3.05, 3.63) is 54.6 Å². The highest BCUT2D eigenvalue weighted by Crippen LogP contribution is 2.29. The smallest absolute Gasteiger partial charge is 0.232 e. The van der Waals surface area contributed by atoms with Gasteiger partial charge in [-0.1, -0.05) is 37.3 Å². The number of sulfonamides is 1. The SMILES string of the molecule is CCCS(=O)(=O)Nc1ccccc1Oc1ccccc1. The predicted octanol–water partition coefficient (Wildman–Crippen LogP) is 3.63. The maximum absolute atomic E-state index is 11.8. The Morgan fingerprint density at radius 3 is 2.35 bits per heavy atom. The van der Waals surface area contributed by atoms with E-state index in [1.165, 1.54) is 0 Å². The van der Waals surface area contributed by atoms with Crippen LogP contribution in [-0.2, 0) is 10.0 Å². The van der Waals surface area contributed by atoms with Gasteiger partial charge < -0.3 is 4.74 Å². The van der Waals surface area contributed by atoms with E-state index in [2.05, 4.69) is 4.72 Å². The lowest BCUT2D eigenvalue weighted by atomic mass is 10.3. The van der Waals surface area contributed by atoms with Crippen molar-refractivity contribution in [1.82, 2.24) is 0 Å². The number of rotatable bonds is 6. The molecular weight excluding hydrogens is 274 g/mol. The molecule has 0 radical (unpaired) electrons. The van der Waals surface area contributed by atoms with Crippen LogP contribution >= 0.6 is 0 Å². The van der Waals surface area contributed by atoms with Crippen LogP contribution in [-0.4, -0.2) is 14.2 Å². The Morgan fingerprint density at radius 1 is 1.00 bits per heavy atom. The normalized spacial score (nSPS) is 11.1. The molecule has 5 heteroatoms. The lowest BCUT2D eigenvalue weighted by molar-refractivity contribution is 0.485. The molecule has 0 unspecified atom stereocenters. The minimum Gasteiger partial charge on any atom is -0.455 e. The van der Waals surface area contributed by atoms with Crippen LogP contribution in [0.5, 0.6) is 11.5 Å². The molecule has 20 heavy (non-hydrogen) atoms. The molecule has 0 saturated heterocycles. The highest BCUT2D eigenvalue weighted by molar-refractivity contribution is 7.92. The van der Waals surface area contributed by atoms with Crippen molar-refractivity contribution in [2.24, 2.45) is 0 Å². The first-order chi connectivity index (χ1) is 9.61. The number of benzene rings is 2. The number of para-hydroxylation sites is 3. The molecule has 0 saturated carbocycles. The first-order valence-electron chi connectivity index (χ1n) is 6.43. The molecule has 0 bridgehead atoms. The Bertz CT molecular complexity index is 654. The summed E-state index contributed by atoms with van der Waals surface area (Å²) in [5.41, 5.74) is 0.449. The van der Waals surface area contributed by atoms with Gasteiger partial charge >= 0.3 is 0 Å². The van der Waals surface area contributed by atoms with E-state index in [1.807, 2.05) is 37.3 Å². The molecule has 1 N–H and O–H groups in total. The summed E-state index contributed by atoms with van der Waals surface area (Å²) >= 11 is 0. The number of ether oxygens (including phenoxy) is 1. The maximum Gasteiger partial charge on any atom is 0.232 e. The summed E-state index contributed by atoms with van der Waals surface area (Å²) in [4.78, 5) is 0. The first-order valence-corrected chi connectivity index (χ1v) is 8.08. The van der Waals surface area contributed by atoms with E-state index >= 15 is 0 Å². The highest BCUT2D eigenvalue weighted by atomic mass is 32.2. The summed E-state index contributed by atoms with van der Waals surface area (Å²) in [5, 5.41) is 0. The second-order valence-electron chi connectivity index (χ2n) is 4.33. The zero-order chi connectivity index (χ0) is 14.4. The van der Waals surface area contributed by atoms with Crippen LogP contribution < -0.4 is 9.46 Å². The fourth-order valence-corrected chi connectivity index (χ4v) is 2.89. The van der Waals surface area contributed by atoms with E-state index in [4.69, 9.17) is 4.74 Å². The van der Waals surface area contributed by atoms with Crippen molar-refractivity contribution in [2.45, 2.75) is 13.3 Å². The van der Waals surface area contributed by atoms with Gasteiger partial charge in [0.05, 0.1) is 11.4 Å². The van der Waals surface area contributed by atoms with Crippen LogP contribution in [0.1, 0.15) is 13.3 Å². The maximum atomic E-state index is 11.8. The van der Waals surface area contributed by atoms with Crippen LogP contribution in [0.3, 0.4) is 0 Å². The van der Waals surface area contributed by atoms with Crippen LogP contribution in [0.4, 0.5) is 5.69 Å². The summed E-state index contributed by atoms with van der Waals surface area (Å²) in [5.74, 6) is 1.24. The molecule has 4 nitrogen and oxygen atoms in total. The number of hydrogen-bond donors (Lipinski definition) is 1. The van der Waals surface area contributed by atoms with E-state index < -0.39 is 10.0 Å². The third-order valence-corrected chi connectivity index (χ3v) is 4.07. The fourth-order valence-electron chi connectivity index (χ4n) is 1.74. The average molecular weight is 291 g/mol. The van der Waals surface area contributed by atoms with Gasteiger partial charge in [0.25, 0.3) is 0 Å². The summed E-state index contributed by atoms with van der Waals surface area (Å²) in [7, 11) is -3.33. The lowest BCUT2D eigenvalue weighted by Crippen LogP contribution is -2.16. The molecular formula is C15H17NO3S. The second kappa shape index (κ2) is 6.43. The van der Waals surface area contributed by atoms with Gasteiger partial charge in [-0.3, -0.25) is 4.72 Å². The Kier molecular flexibility index (Phi) is 4.63. The highest BCUT2D eigenvalue weighted by Gasteiger charge is 2.12. The number of nitrogens with one attached hydrogen (secondary N) is 1. The fraction of sp³-hybridized carbons (Fsp3) is 0.200. The van der Waals surface area contributed by atoms with Gasteiger partial charge in [0.15, 0.2) is 5.75 Å². The Labute approximate surface area is 119 Å². The molecule has 0 amide bonds. The predicted molar refractivity (Wildman–Crippen MR) is 80.7 cm³/mol. The molecule has 0 aliphatic carbocycles. The van der Waals surface area contributed by atoms with Crippen molar-refractivity contribution in [1.29, 1.82) is 0 Å². The van der Waals surface area contributed by atoms with Gasteiger partial charge in [0.2, 0.25) is 10.0 Å². The van der Waals surface area contributed by atoms with Crippen LogP contribution in [0.2, 0.25) is 0 Å². The number of anilines is 1. The van der Waals surface area contributed by atoms with Crippen molar-refractivity contribution in [3.8, 4) is 11.5 Å². The largest absolute Gasteiger partial charge is 0.455 e. The average Bonchev–Trinajstić information content (AvgIpc) is 2.42. The van der Waals surface area contributed by atoms with Gasteiger partial charge in [-0.25, -0.2) is 8.42 Å². The zero-order valence-corrected chi connectivity index (χ0v) is 12.1. The van der Waals surface area contributed by atoms with Crippen LogP contribution in [0, 0.1) is 0 Å². The Balaban J connectivity index is 2.23. The monoisotopic (exact) mass is 291 g/mol. The van der Waals surface area contributed by atoms with Crippen molar-refractivity contribution < 1.29 is 13.2 Å². The molecule has 2 aromatic carbocycles. The van der Waals surface area contributed by atoms with E-state index in [0.29, 0.717) is 23.6 Å². The standard InChI is InChI=1S/C15H17NO3S/c1-2-12-20(17,18)16-14-10-6-7-11-15(14)19-13-8-4-3-5-9-13/h3-11,16H,2,12H2,1H3. The van der Waals surface area contributed by atoms with E-state index in [-0.39, 0.29) is 5.75 Å². The molecule has 0 aliphatic rings. The topological polar surface area (TPSA) is 55.4 Å². The third kappa shape index (κ3) is 3.99. The third-order valence-electron chi connectivity index (χ3n) is 2.60. The van der Waals surface area contributed by atoms with Crippen LogP contribution in [0.15, 0.2) is 54.6 Å². The Hall–Kier alpha value is -2.01. The first kappa shape index (κ1) is 14.4. The van der Waals surface area contributed by atoms with Crippen molar-refractivity contribution in [3.63, 3.8) is 0 Å². The molecule has 0 aliphatic heterocycles. The zero-order valence-electron chi connectivity index (χ0n) is 11.2. The number of hydrogen-bond acceptors (Lipinski definition) is 3. The molecule has 0 heterocycles. The van der Waals surface area contributed by atoms with Crippen molar-refractivity contribution in [2.75, 3.05) is 10.5 Å². The van der Waals surface area contributed by atoms with Gasteiger partial charge in [-0.15, -0.1) is 0 Å². The van der Waals surface area contributed by atoms with Gasteiger partial charge in [-0.2, -0.15) is 0 Å². The summed E-state index contributed by atoms with van der Waals surface area (Å²) < 4.78 is 31.9. The molecule has 0 atom stereocenters. The van der Waals surface area contributed by atoms with Crippen LogP contribution in [0.25, 0.3) is 0 Å². The van der Waals surface area contributed by atoms with E-state index in [9.17, 15) is 8.42 Å². The van der Waals surface area contributed by atoms with Gasteiger partial charge in [0.1, 0.15) is 5.75 Å². The molecule has 106 valence electrons. The second-order valence-corrected chi connectivity index (χ2v) is 6.17. The summed E-state index contributed by atoms with van der Waals surface area (Å²) in [6.45, 7) is 1.83. The molecule has 0 aromatic heterocycles.